The molecule has 1 aromatic carbocycles. The summed E-state index contributed by atoms with van der Waals surface area (Å²) in [7, 11) is 0. The number of nitrogens with one attached hydrogen (secondary N) is 2. The summed E-state index contributed by atoms with van der Waals surface area (Å²) in [5, 5.41) is 7.49. The molecule has 2 N–H and O–H groups in total. The van der Waals surface area contributed by atoms with Gasteiger partial charge in [0.2, 0.25) is 0 Å². The van der Waals surface area contributed by atoms with Crippen LogP contribution in [-0.4, -0.2) is 16.5 Å². The highest BCUT2D eigenvalue weighted by atomic mass is 35.5. The number of anilines is 2. The molecule has 1 unspecified atom stereocenters. The van der Waals surface area contributed by atoms with E-state index >= 15 is 0 Å². The lowest BCUT2D eigenvalue weighted by Crippen LogP contribution is -2.12. The van der Waals surface area contributed by atoms with Gasteiger partial charge in [-0.25, -0.2) is 9.97 Å². The Labute approximate surface area is 131 Å². The lowest BCUT2D eigenvalue weighted by atomic mass is 10.1. The van der Waals surface area contributed by atoms with Gasteiger partial charge in [-0.3, -0.25) is 0 Å². The predicted octanol–water partition coefficient (Wildman–Crippen LogP) is 4.43. The number of rotatable bonds is 6. The molecule has 1 aromatic heterocycles. The normalized spacial score (nSPS) is 12.0. The average molecular weight is 305 g/mol. The molecule has 4 nitrogen and oxygen atoms in total. The van der Waals surface area contributed by atoms with Gasteiger partial charge in [0.1, 0.15) is 18.0 Å². The lowest BCUT2D eigenvalue weighted by molar-refractivity contribution is 0.867. The van der Waals surface area contributed by atoms with Crippen LogP contribution in [0.4, 0.5) is 11.6 Å². The molecule has 1 heterocycles. The van der Waals surface area contributed by atoms with Gasteiger partial charge < -0.3 is 10.6 Å². The minimum Gasteiger partial charge on any atom is -0.370 e. The van der Waals surface area contributed by atoms with Crippen LogP contribution in [0, 0.1) is 6.92 Å². The first-order chi connectivity index (χ1) is 10.1. The molecule has 0 bridgehead atoms. The fraction of sp³-hybridized carbons (Fsp3) is 0.375. The van der Waals surface area contributed by atoms with Crippen molar-refractivity contribution in [2.75, 3.05) is 17.2 Å². The van der Waals surface area contributed by atoms with Crippen LogP contribution in [0.1, 0.15) is 37.4 Å². The highest BCUT2D eigenvalue weighted by Crippen LogP contribution is 2.24. The summed E-state index contributed by atoms with van der Waals surface area (Å²) in [6.45, 7) is 7.16. The van der Waals surface area contributed by atoms with Gasteiger partial charge in [0, 0.05) is 23.2 Å². The fourth-order valence-corrected chi connectivity index (χ4v) is 2.18. The minimum absolute atomic E-state index is 0.148. The second-order valence-corrected chi connectivity index (χ2v) is 5.48. The van der Waals surface area contributed by atoms with Crippen molar-refractivity contribution in [1.29, 1.82) is 0 Å². The zero-order valence-corrected chi connectivity index (χ0v) is 13.4. The largest absolute Gasteiger partial charge is 0.370 e. The van der Waals surface area contributed by atoms with Crippen molar-refractivity contribution in [2.24, 2.45) is 0 Å². The molecule has 0 aliphatic heterocycles. The molecule has 5 heteroatoms. The molecule has 2 rings (SSSR count). The van der Waals surface area contributed by atoms with E-state index in [1.165, 1.54) is 5.56 Å². The van der Waals surface area contributed by atoms with Gasteiger partial charge in [-0.15, -0.1) is 0 Å². The van der Waals surface area contributed by atoms with Crippen molar-refractivity contribution in [2.45, 2.75) is 33.2 Å². The zero-order chi connectivity index (χ0) is 15.2. The van der Waals surface area contributed by atoms with Crippen molar-refractivity contribution >= 4 is 23.2 Å². The number of hydrogen-bond donors (Lipinski definition) is 2. The van der Waals surface area contributed by atoms with E-state index in [1.807, 2.05) is 31.2 Å². The predicted molar refractivity (Wildman–Crippen MR) is 89.0 cm³/mol. The zero-order valence-electron chi connectivity index (χ0n) is 12.7. The molecule has 0 amide bonds. The Morgan fingerprint density at radius 2 is 1.81 bits per heavy atom. The first kappa shape index (κ1) is 15.6. The molecule has 0 saturated heterocycles. The molecular formula is C16H21ClN4. The monoisotopic (exact) mass is 304 g/mol. The summed E-state index contributed by atoms with van der Waals surface area (Å²) < 4.78 is 0. The van der Waals surface area contributed by atoms with Gasteiger partial charge in [0.15, 0.2) is 0 Å². The van der Waals surface area contributed by atoms with Crippen LogP contribution in [0.25, 0.3) is 0 Å². The minimum atomic E-state index is 0.148. The maximum atomic E-state index is 5.92. The Morgan fingerprint density at radius 3 is 2.48 bits per heavy atom. The third kappa shape index (κ3) is 4.08. The van der Waals surface area contributed by atoms with E-state index in [4.69, 9.17) is 11.6 Å². The van der Waals surface area contributed by atoms with Crippen molar-refractivity contribution in [1.82, 2.24) is 9.97 Å². The third-order valence-electron chi connectivity index (χ3n) is 3.35. The molecule has 0 fully saturated rings. The maximum absolute atomic E-state index is 5.92. The molecule has 21 heavy (non-hydrogen) atoms. The van der Waals surface area contributed by atoms with Crippen LogP contribution in [-0.2, 0) is 0 Å². The number of aromatic nitrogens is 2. The topological polar surface area (TPSA) is 49.8 Å². The van der Waals surface area contributed by atoms with Crippen molar-refractivity contribution in [3.05, 3.63) is 46.7 Å². The van der Waals surface area contributed by atoms with Gasteiger partial charge in [0.05, 0.1) is 0 Å². The van der Waals surface area contributed by atoms with Crippen LogP contribution in [0.2, 0.25) is 5.02 Å². The second-order valence-electron chi connectivity index (χ2n) is 5.04. The van der Waals surface area contributed by atoms with Crippen molar-refractivity contribution < 1.29 is 0 Å². The summed E-state index contributed by atoms with van der Waals surface area (Å²) in [6, 6.07) is 7.99. The van der Waals surface area contributed by atoms with Crippen LogP contribution >= 0.6 is 11.6 Å². The van der Waals surface area contributed by atoms with Crippen LogP contribution in [0.3, 0.4) is 0 Å². The van der Waals surface area contributed by atoms with E-state index in [0.29, 0.717) is 0 Å². The van der Waals surface area contributed by atoms with Gasteiger partial charge in [-0.2, -0.15) is 0 Å². The number of benzene rings is 1. The Hall–Kier alpha value is -1.81. The van der Waals surface area contributed by atoms with Gasteiger partial charge in [-0.05, 0) is 38.0 Å². The van der Waals surface area contributed by atoms with Gasteiger partial charge in [-0.1, -0.05) is 30.7 Å². The Morgan fingerprint density at radius 1 is 1.14 bits per heavy atom. The molecule has 2 aromatic rings. The molecular weight excluding hydrogens is 284 g/mol. The highest BCUT2D eigenvalue weighted by Gasteiger charge is 2.10. The summed E-state index contributed by atoms with van der Waals surface area (Å²) >= 11 is 5.92. The Kier molecular flexibility index (Phi) is 5.39. The van der Waals surface area contributed by atoms with E-state index in [2.05, 4.69) is 34.4 Å². The van der Waals surface area contributed by atoms with E-state index < -0.39 is 0 Å². The van der Waals surface area contributed by atoms with Gasteiger partial charge in [0.25, 0.3) is 0 Å². The molecule has 0 spiro atoms. The first-order valence-electron chi connectivity index (χ1n) is 7.19. The summed E-state index contributed by atoms with van der Waals surface area (Å²) in [6.07, 6.45) is 2.65. The molecule has 112 valence electrons. The molecule has 0 saturated carbocycles. The van der Waals surface area contributed by atoms with E-state index in [1.54, 1.807) is 6.33 Å². The van der Waals surface area contributed by atoms with Crippen molar-refractivity contribution in [3.63, 3.8) is 0 Å². The Bertz CT molecular complexity index is 583. The maximum Gasteiger partial charge on any atom is 0.134 e. The second kappa shape index (κ2) is 7.27. The number of halogens is 1. The van der Waals surface area contributed by atoms with E-state index in [0.717, 1.165) is 35.2 Å². The number of nitrogens with zero attached hydrogens (tertiary/aromatic N) is 2. The quantitative estimate of drug-likeness (QED) is 0.828. The summed E-state index contributed by atoms with van der Waals surface area (Å²) in [5.41, 5.74) is 2.20. The molecule has 0 radical (unpaired) electrons. The smallest absolute Gasteiger partial charge is 0.134 e. The standard InChI is InChI=1S/C16H21ClN4/c1-4-9-18-15-11(2)16(20-10-19-15)21-12(3)13-5-7-14(17)8-6-13/h5-8,10,12H,4,9H2,1-3H3,(H2,18,19,20,21). The Balaban J connectivity index is 2.13. The SMILES string of the molecule is CCCNc1ncnc(NC(C)c2ccc(Cl)cc2)c1C. The lowest BCUT2D eigenvalue weighted by Gasteiger charge is -2.18. The molecule has 0 aliphatic carbocycles. The summed E-state index contributed by atoms with van der Waals surface area (Å²) in [5.74, 6) is 1.74. The average Bonchev–Trinajstić information content (AvgIpc) is 2.49. The van der Waals surface area contributed by atoms with Gasteiger partial charge >= 0.3 is 0 Å². The van der Waals surface area contributed by atoms with E-state index in [-0.39, 0.29) is 6.04 Å². The molecule has 0 aliphatic rings. The molecule has 1 atom stereocenters. The third-order valence-corrected chi connectivity index (χ3v) is 3.60. The van der Waals surface area contributed by atoms with Crippen LogP contribution in [0.15, 0.2) is 30.6 Å². The van der Waals surface area contributed by atoms with Crippen molar-refractivity contribution in [3.8, 4) is 0 Å². The number of hydrogen-bond acceptors (Lipinski definition) is 4. The van der Waals surface area contributed by atoms with E-state index in [9.17, 15) is 0 Å². The first-order valence-corrected chi connectivity index (χ1v) is 7.57. The van der Waals surface area contributed by atoms with Crippen LogP contribution in [0.5, 0.6) is 0 Å². The fourth-order valence-electron chi connectivity index (χ4n) is 2.06. The van der Waals surface area contributed by atoms with Crippen LogP contribution < -0.4 is 10.6 Å². The summed E-state index contributed by atoms with van der Waals surface area (Å²) in [4.78, 5) is 8.63. The highest BCUT2D eigenvalue weighted by molar-refractivity contribution is 6.30.